The van der Waals surface area contributed by atoms with Crippen LogP contribution in [-0.4, -0.2) is 18.6 Å². The van der Waals surface area contributed by atoms with Gasteiger partial charge in [0.05, 0.1) is 0 Å². The Morgan fingerprint density at radius 1 is 1.50 bits per heavy atom. The summed E-state index contributed by atoms with van der Waals surface area (Å²) in [4.78, 5) is 0. The molecule has 0 aromatic heterocycles. The molecule has 0 heterocycles. The average Bonchev–Trinajstić information content (AvgIpc) is 1.84. The molecular weight excluding hydrogens is 102 g/mol. The lowest BCUT2D eigenvalue weighted by Crippen LogP contribution is -2.44. The zero-order chi connectivity index (χ0) is 6.57. The third kappa shape index (κ3) is 2.07. The monoisotopic (exact) mass is 115 g/mol. The quantitative estimate of drug-likeness (QED) is 0.404. The summed E-state index contributed by atoms with van der Waals surface area (Å²) in [7, 11) is 0. The van der Waals surface area contributed by atoms with Crippen molar-refractivity contribution in [1.29, 1.82) is 0 Å². The van der Waals surface area contributed by atoms with Crippen LogP contribution < -0.4 is 17.2 Å². The highest BCUT2D eigenvalue weighted by atomic mass is 14.8. The Bertz CT molecular complexity index is 72.1. The van der Waals surface area contributed by atoms with Crippen molar-refractivity contribution in [2.45, 2.75) is 12.1 Å². The van der Waals surface area contributed by atoms with Gasteiger partial charge in [0.2, 0.25) is 0 Å². The van der Waals surface area contributed by atoms with Gasteiger partial charge in [-0.1, -0.05) is 6.08 Å². The molecule has 0 fully saturated rings. The minimum atomic E-state index is -0.167. The van der Waals surface area contributed by atoms with E-state index in [1.54, 1.807) is 6.08 Å². The maximum absolute atomic E-state index is 5.41. The minimum Gasteiger partial charge on any atom is -0.329 e. The number of hydrogen-bond acceptors (Lipinski definition) is 3. The first-order valence-electron chi connectivity index (χ1n) is 2.56. The van der Waals surface area contributed by atoms with E-state index in [1.165, 1.54) is 0 Å². The Hall–Kier alpha value is -0.380. The van der Waals surface area contributed by atoms with E-state index in [0.717, 1.165) is 0 Å². The van der Waals surface area contributed by atoms with Gasteiger partial charge in [-0.25, -0.2) is 0 Å². The van der Waals surface area contributed by atoms with Crippen LogP contribution in [-0.2, 0) is 0 Å². The number of nitrogens with two attached hydrogens (primary N) is 3. The fourth-order valence-electron chi connectivity index (χ4n) is 0.332. The van der Waals surface area contributed by atoms with Crippen LogP contribution in [0.4, 0.5) is 0 Å². The molecule has 0 aromatic rings. The molecule has 0 aliphatic rings. The summed E-state index contributed by atoms with van der Waals surface area (Å²) in [5, 5.41) is 0. The molecule has 2 unspecified atom stereocenters. The first-order valence-corrected chi connectivity index (χ1v) is 2.56. The first kappa shape index (κ1) is 7.62. The molecule has 3 nitrogen and oxygen atoms in total. The largest absolute Gasteiger partial charge is 0.329 e. The molecular formula is C5H13N3. The highest BCUT2D eigenvalue weighted by molar-refractivity contribution is 4.90. The van der Waals surface area contributed by atoms with Gasteiger partial charge in [0.15, 0.2) is 0 Å². The van der Waals surface area contributed by atoms with E-state index in [4.69, 9.17) is 17.2 Å². The molecule has 0 aromatic carbocycles. The number of rotatable bonds is 3. The molecule has 0 rings (SSSR count). The molecule has 0 bridgehead atoms. The summed E-state index contributed by atoms with van der Waals surface area (Å²) >= 11 is 0. The minimum absolute atomic E-state index is 0.146. The SMILES string of the molecule is C=CC(N)C(N)CN. The molecule has 0 spiro atoms. The van der Waals surface area contributed by atoms with Crippen molar-refractivity contribution in [3.05, 3.63) is 12.7 Å². The van der Waals surface area contributed by atoms with Crippen LogP contribution in [0.15, 0.2) is 12.7 Å². The Labute approximate surface area is 49.5 Å². The second-order valence-electron chi connectivity index (χ2n) is 1.71. The van der Waals surface area contributed by atoms with Crippen molar-refractivity contribution in [2.75, 3.05) is 6.54 Å². The van der Waals surface area contributed by atoms with Gasteiger partial charge < -0.3 is 17.2 Å². The van der Waals surface area contributed by atoms with Crippen LogP contribution in [0.2, 0.25) is 0 Å². The fraction of sp³-hybridized carbons (Fsp3) is 0.600. The standard InChI is InChI=1S/C5H13N3/c1-2-4(7)5(8)3-6/h2,4-5H,1,3,6-8H2. The summed E-state index contributed by atoms with van der Waals surface area (Å²) < 4.78 is 0. The first-order chi connectivity index (χ1) is 3.72. The maximum atomic E-state index is 5.41. The van der Waals surface area contributed by atoms with Gasteiger partial charge in [-0.15, -0.1) is 6.58 Å². The molecule has 48 valence electrons. The van der Waals surface area contributed by atoms with Crippen molar-refractivity contribution in [3.63, 3.8) is 0 Å². The smallest absolute Gasteiger partial charge is 0.0387 e. The van der Waals surface area contributed by atoms with Crippen molar-refractivity contribution < 1.29 is 0 Å². The predicted molar refractivity (Wildman–Crippen MR) is 35.2 cm³/mol. The predicted octanol–water partition coefficient (Wildman–Crippen LogP) is -1.21. The number of hydrogen-bond donors (Lipinski definition) is 3. The molecule has 8 heavy (non-hydrogen) atoms. The third-order valence-corrected chi connectivity index (χ3v) is 1.04. The molecule has 6 N–H and O–H groups in total. The summed E-state index contributed by atoms with van der Waals surface area (Å²) in [6.45, 7) is 3.88. The Kier molecular flexibility index (Phi) is 3.43. The van der Waals surface area contributed by atoms with E-state index < -0.39 is 0 Å². The van der Waals surface area contributed by atoms with E-state index in [1.807, 2.05) is 0 Å². The fourth-order valence-corrected chi connectivity index (χ4v) is 0.332. The molecule has 0 radical (unpaired) electrons. The summed E-state index contributed by atoms with van der Waals surface area (Å²) in [6, 6.07) is -0.313. The third-order valence-electron chi connectivity index (χ3n) is 1.04. The van der Waals surface area contributed by atoms with Crippen LogP contribution in [0, 0.1) is 0 Å². The van der Waals surface area contributed by atoms with Gasteiger partial charge in [-0.05, 0) is 0 Å². The Morgan fingerprint density at radius 3 is 2.12 bits per heavy atom. The molecule has 0 saturated carbocycles. The van der Waals surface area contributed by atoms with Crippen LogP contribution in [0.1, 0.15) is 0 Å². The van der Waals surface area contributed by atoms with Crippen molar-refractivity contribution >= 4 is 0 Å². The second-order valence-corrected chi connectivity index (χ2v) is 1.71. The van der Waals surface area contributed by atoms with E-state index in [2.05, 4.69) is 6.58 Å². The zero-order valence-corrected chi connectivity index (χ0v) is 4.88. The van der Waals surface area contributed by atoms with E-state index in [-0.39, 0.29) is 12.1 Å². The summed E-state index contributed by atoms with van der Waals surface area (Å²) in [5.41, 5.74) is 16.0. The van der Waals surface area contributed by atoms with Gasteiger partial charge in [0, 0.05) is 18.6 Å². The lowest BCUT2D eigenvalue weighted by atomic mass is 10.1. The summed E-state index contributed by atoms with van der Waals surface area (Å²) in [6.07, 6.45) is 1.59. The molecule has 0 aliphatic carbocycles. The normalized spacial score (nSPS) is 17.4. The second kappa shape index (κ2) is 3.60. The van der Waals surface area contributed by atoms with Crippen molar-refractivity contribution in [3.8, 4) is 0 Å². The van der Waals surface area contributed by atoms with Crippen molar-refractivity contribution in [2.24, 2.45) is 17.2 Å². The van der Waals surface area contributed by atoms with Gasteiger partial charge in [0.25, 0.3) is 0 Å². The van der Waals surface area contributed by atoms with E-state index in [0.29, 0.717) is 6.54 Å². The van der Waals surface area contributed by atoms with E-state index in [9.17, 15) is 0 Å². The van der Waals surface area contributed by atoms with Gasteiger partial charge in [-0.2, -0.15) is 0 Å². The topological polar surface area (TPSA) is 78.1 Å². The molecule has 0 aliphatic heterocycles. The average molecular weight is 115 g/mol. The van der Waals surface area contributed by atoms with E-state index >= 15 is 0 Å². The van der Waals surface area contributed by atoms with Gasteiger partial charge in [0.1, 0.15) is 0 Å². The Morgan fingerprint density at radius 2 is 2.00 bits per heavy atom. The van der Waals surface area contributed by atoms with Gasteiger partial charge in [-0.3, -0.25) is 0 Å². The van der Waals surface area contributed by atoms with Crippen LogP contribution in [0.25, 0.3) is 0 Å². The highest BCUT2D eigenvalue weighted by Crippen LogP contribution is 1.82. The maximum Gasteiger partial charge on any atom is 0.0387 e. The van der Waals surface area contributed by atoms with Crippen LogP contribution in [0.3, 0.4) is 0 Å². The summed E-state index contributed by atoms with van der Waals surface area (Å²) in [5.74, 6) is 0. The molecule has 0 saturated heterocycles. The zero-order valence-electron chi connectivity index (χ0n) is 4.88. The Balaban J connectivity index is 3.44. The molecule has 0 amide bonds. The van der Waals surface area contributed by atoms with Gasteiger partial charge >= 0.3 is 0 Å². The van der Waals surface area contributed by atoms with Crippen LogP contribution >= 0.6 is 0 Å². The molecule has 3 heteroatoms. The lowest BCUT2D eigenvalue weighted by molar-refractivity contribution is 0.610. The lowest BCUT2D eigenvalue weighted by Gasteiger charge is -2.12. The van der Waals surface area contributed by atoms with Crippen LogP contribution in [0.5, 0.6) is 0 Å². The van der Waals surface area contributed by atoms with Crippen molar-refractivity contribution in [1.82, 2.24) is 0 Å². The highest BCUT2D eigenvalue weighted by Gasteiger charge is 2.04. The molecule has 2 atom stereocenters.